The largest absolute Gasteiger partial charge is 0.416 e. The summed E-state index contributed by atoms with van der Waals surface area (Å²) >= 11 is 7.21. The molecule has 1 aromatic carbocycles. The van der Waals surface area contributed by atoms with E-state index in [1.807, 2.05) is 6.07 Å². The molecule has 0 aliphatic carbocycles. The number of anilines is 1. The number of halogens is 4. The number of rotatable bonds is 7. The minimum Gasteiger partial charge on any atom is -0.354 e. The van der Waals surface area contributed by atoms with E-state index in [0.717, 1.165) is 42.9 Å². The molecule has 0 bridgehead atoms. The number of nitrogens with zero attached hydrogens (tertiary/aromatic N) is 3. The van der Waals surface area contributed by atoms with Crippen molar-refractivity contribution in [3.8, 4) is 11.3 Å². The Bertz CT molecular complexity index is 1410. The monoisotopic (exact) mass is 594 g/mol. The Labute approximate surface area is 236 Å². The molecule has 3 atom stereocenters. The first kappa shape index (κ1) is 27.8. The van der Waals surface area contributed by atoms with Crippen LogP contribution in [0, 0.1) is 0 Å². The topological polar surface area (TPSA) is 65.5 Å². The van der Waals surface area contributed by atoms with Crippen molar-refractivity contribution >= 4 is 45.6 Å². The third-order valence-corrected chi connectivity index (χ3v) is 9.80. The zero-order valence-electron chi connectivity index (χ0n) is 21.0. The standard InChI is InChI=1S/C27H26ClF3N4O2S2/c1-17-4-2-12-34(17)24-15-18(14-21(33-24)19-6-8-20(9-7-19)27(29,30)31)16-32-26(36)22-5-3-13-35(22)39(37)25-11-10-23(28)38-25/h3,5-11,14-15,17,22H,2,4,12-13,16H2,1H3,(H,32,36)/t17?,22-,39?/m0/s1. The molecular weight excluding hydrogens is 569 g/mol. The van der Waals surface area contributed by atoms with E-state index in [-0.39, 0.29) is 18.5 Å². The van der Waals surface area contributed by atoms with Gasteiger partial charge in [0.15, 0.2) is 0 Å². The third kappa shape index (κ3) is 6.21. The van der Waals surface area contributed by atoms with Gasteiger partial charge in [-0.05, 0) is 61.7 Å². The fourth-order valence-corrected chi connectivity index (χ4v) is 7.53. The molecule has 3 aromatic rings. The minimum atomic E-state index is -4.42. The smallest absolute Gasteiger partial charge is 0.354 e. The van der Waals surface area contributed by atoms with E-state index < -0.39 is 28.8 Å². The number of aromatic nitrogens is 1. The second-order valence-electron chi connectivity index (χ2n) is 9.48. The zero-order chi connectivity index (χ0) is 27.7. The number of alkyl halides is 3. The van der Waals surface area contributed by atoms with Gasteiger partial charge in [0.2, 0.25) is 5.91 Å². The molecule has 0 spiro atoms. The molecule has 5 rings (SSSR count). The number of benzene rings is 1. The molecule has 6 nitrogen and oxygen atoms in total. The number of hydrogen-bond acceptors (Lipinski definition) is 5. The van der Waals surface area contributed by atoms with Crippen LogP contribution in [0.5, 0.6) is 0 Å². The zero-order valence-corrected chi connectivity index (χ0v) is 23.3. The first-order valence-corrected chi connectivity index (χ1v) is 14.7. The molecule has 1 fully saturated rings. The van der Waals surface area contributed by atoms with Crippen molar-refractivity contribution in [2.24, 2.45) is 0 Å². The van der Waals surface area contributed by atoms with E-state index in [2.05, 4.69) is 17.1 Å². The van der Waals surface area contributed by atoms with Crippen molar-refractivity contribution in [1.29, 1.82) is 0 Å². The van der Waals surface area contributed by atoms with Crippen LogP contribution in [0.2, 0.25) is 4.34 Å². The Kier molecular flexibility index (Phi) is 8.14. The van der Waals surface area contributed by atoms with Crippen molar-refractivity contribution in [3.63, 3.8) is 0 Å². The molecule has 206 valence electrons. The SMILES string of the molecule is CC1CCCN1c1cc(CNC(=O)[C@@H]2C=CCN2S(=O)c2ccc(Cl)s2)cc(-c2ccc(C(F)(F)F)cc2)n1. The van der Waals surface area contributed by atoms with Gasteiger partial charge in [0.25, 0.3) is 0 Å². The van der Waals surface area contributed by atoms with E-state index in [0.29, 0.717) is 26.3 Å². The highest BCUT2D eigenvalue weighted by molar-refractivity contribution is 7.85. The summed E-state index contributed by atoms with van der Waals surface area (Å²) in [6.07, 6.45) is 1.15. The Morgan fingerprint density at radius 2 is 1.97 bits per heavy atom. The molecule has 2 aromatic heterocycles. The lowest BCUT2D eigenvalue weighted by Crippen LogP contribution is -2.43. The average molecular weight is 595 g/mol. The van der Waals surface area contributed by atoms with Gasteiger partial charge in [-0.25, -0.2) is 9.19 Å². The van der Waals surface area contributed by atoms with Crippen molar-refractivity contribution in [2.75, 3.05) is 18.0 Å². The molecule has 2 unspecified atom stereocenters. The molecule has 1 saturated heterocycles. The molecule has 1 N–H and O–H groups in total. The second kappa shape index (κ2) is 11.4. The summed E-state index contributed by atoms with van der Waals surface area (Å²) < 4.78 is 55.0. The molecule has 1 amide bonds. The van der Waals surface area contributed by atoms with Gasteiger partial charge in [0.05, 0.1) is 15.6 Å². The molecule has 0 saturated carbocycles. The predicted octanol–water partition coefficient (Wildman–Crippen LogP) is 6.05. The molecule has 2 aliphatic rings. The number of nitrogens with one attached hydrogen (secondary N) is 1. The van der Waals surface area contributed by atoms with E-state index in [1.54, 1.807) is 34.7 Å². The van der Waals surface area contributed by atoms with Crippen LogP contribution in [0.3, 0.4) is 0 Å². The Morgan fingerprint density at radius 1 is 1.21 bits per heavy atom. The van der Waals surface area contributed by atoms with Crippen LogP contribution in [0.25, 0.3) is 11.3 Å². The maximum Gasteiger partial charge on any atom is 0.416 e. The van der Waals surface area contributed by atoms with E-state index in [9.17, 15) is 22.2 Å². The Hall–Kier alpha value is -2.73. The summed E-state index contributed by atoms with van der Waals surface area (Å²) in [6.45, 7) is 3.49. The highest BCUT2D eigenvalue weighted by Crippen LogP contribution is 2.33. The van der Waals surface area contributed by atoms with Crippen molar-refractivity contribution in [2.45, 2.75) is 48.8 Å². The lowest BCUT2D eigenvalue weighted by molar-refractivity contribution is -0.137. The molecule has 0 radical (unpaired) electrons. The predicted molar refractivity (Wildman–Crippen MR) is 148 cm³/mol. The third-order valence-electron chi connectivity index (χ3n) is 6.81. The highest BCUT2D eigenvalue weighted by atomic mass is 35.5. The van der Waals surface area contributed by atoms with Crippen LogP contribution >= 0.6 is 22.9 Å². The van der Waals surface area contributed by atoms with Crippen LogP contribution in [-0.4, -0.2) is 44.6 Å². The maximum atomic E-state index is 13.2. The summed E-state index contributed by atoms with van der Waals surface area (Å²) in [5, 5.41) is 2.94. The fourth-order valence-electron chi connectivity index (χ4n) is 4.76. The van der Waals surface area contributed by atoms with Crippen LogP contribution in [0.15, 0.2) is 64.9 Å². The Balaban J connectivity index is 1.36. The van der Waals surface area contributed by atoms with Crippen molar-refractivity contribution in [1.82, 2.24) is 14.6 Å². The van der Waals surface area contributed by atoms with Crippen LogP contribution < -0.4 is 10.2 Å². The number of hydrogen-bond donors (Lipinski definition) is 1. The molecule has 12 heteroatoms. The lowest BCUT2D eigenvalue weighted by Gasteiger charge is -2.24. The van der Waals surface area contributed by atoms with E-state index >= 15 is 0 Å². The summed E-state index contributed by atoms with van der Waals surface area (Å²) in [6, 6.07) is 11.5. The number of thiophene rings is 1. The first-order valence-electron chi connectivity index (χ1n) is 12.4. The molecule has 2 aliphatic heterocycles. The van der Waals surface area contributed by atoms with Crippen LogP contribution in [0.1, 0.15) is 30.9 Å². The van der Waals surface area contributed by atoms with Gasteiger partial charge < -0.3 is 10.2 Å². The number of carbonyl (C=O) groups is 1. The average Bonchev–Trinajstić information content (AvgIpc) is 3.67. The van der Waals surface area contributed by atoms with Gasteiger partial charge in [-0.1, -0.05) is 35.9 Å². The van der Waals surface area contributed by atoms with Crippen LogP contribution in [-0.2, 0) is 28.5 Å². The normalized spacial score (nSPS) is 20.5. The van der Waals surface area contributed by atoms with Crippen molar-refractivity contribution in [3.05, 3.63) is 76.1 Å². The van der Waals surface area contributed by atoms with Crippen molar-refractivity contribution < 1.29 is 22.2 Å². The van der Waals surface area contributed by atoms with Gasteiger partial charge in [-0.2, -0.15) is 17.5 Å². The highest BCUT2D eigenvalue weighted by Gasteiger charge is 2.32. The number of carbonyl (C=O) groups excluding carboxylic acids is 1. The molecule has 39 heavy (non-hydrogen) atoms. The second-order valence-corrected chi connectivity index (χ2v) is 12.9. The summed E-state index contributed by atoms with van der Waals surface area (Å²) in [5.74, 6) is 0.420. The van der Waals surface area contributed by atoms with Gasteiger partial charge in [-0.3, -0.25) is 4.79 Å². The first-order chi connectivity index (χ1) is 18.6. The summed E-state index contributed by atoms with van der Waals surface area (Å²) in [4.78, 5) is 20.1. The maximum absolute atomic E-state index is 13.2. The summed E-state index contributed by atoms with van der Waals surface area (Å²) in [5.41, 5.74) is 1.13. The summed E-state index contributed by atoms with van der Waals surface area (Å²) in [7, 11) is -1.54. The number of pyridine rings is 1. The Morgan fingerprint density at radius 3 is 2.62 bits per heavy atom. The van der Waals surface area contributed by atoms with Gasteiger partial charge in [-0.15, -0.1) is 11.3 Å². The molecular formula is C27H26ClF3N4O2S2. The number of amides is 1. The van der Waals surface area contributed by atoms with Gasteiger partial charge >= 0.3 is 6.18 Å². The fraction of sp³-hybridized carbons (Fsp3) is 0.333. The van der Waals surface area contributed by atoms with Crippen LogP contribution in [0.4, 0.5) is 19.0 Å². The van der Waals surface area contributed by atoms with Gasteiger partial charge in [0, 0.05) is 31.2 Å². The minimum absolute atomic E-state index is 0.180. The van der Waals surface area contributed by atoms with E-state index in [4.69, 9.17) is 16.6 Å². The van der Waals surface area contributed by atoms with Gasteiger partial charge in [0.1, 0.15) is 27.1 Å². The lowest BCUT2D eigenvalue weighted by atomic mass is 10.1. The molecule has 4 heterocycles. The van der Waals surface area contributed by atoms with E-state index in [1.165, 1.54) is 23.5 Å². The quantitative estimate of drug-likeness (QED) is 0.338.